The molecule has 0 saturated heterocycles. The zero-order valence-corrected chi connectivity index (χ0v) is 6.91. The van der Waals surface area contributed by atoms with Crippen LogP contribution in [0.2, 0.25) is 0 Å². The van der Waals surface area contributed by atoms with Crippen molar-refractivity contribution in [2.45, 2.75) is 18.4 Å². The van der Waals surface area contributed by atoms with Crippen molar-refractivity contribution in [1.29, 1.82) is 0 Å². The number of rotatable bonds is 2. The molecule has 0 radical (unpaired) electrons. The molecule has 0 fully saturated rings. The zero-order chi connectivity index (χ0) is 8.27. The molecule has 0 spiro atoms. The summed E-state index contributed by atoms with van der Waals surface area (Å²) in [6, 6.07) is 0. The topological polar surface area (TPSA) is 26.3 Å². The van der Waals surface area contributed by atoms with E-state index in [9.17, 15) is 4.79 Å². The average Bonchev–Trinajstić information content (AvgIpc) is 2.05. The lowest BCUT2D eigenvalue weighted by atomic mass is 10.1. The van der Waals surface area contributed by atoms with E-state index in [-0.39, 0.29) is 5.78 Å². The van der Waals surface area contributed by atoms with Gasteiger partial charge in [-0.05, 0) is 19.1 Å². The molecule has 0 bridgehead atoms. The number of carbonyl (C=O) groups is 1. The Labute approximate surface area is 70.5 Å². The summed E-state index contributed by atoms with van der Waals surface area (Å²) in [5, 5.41) is -0.490. The van der Waals surface area contributed by atoms with Gasteiger partial charge in [-0.15, -0.1) is 11.6 Å². The molecule has 0 aromatic heterocycles. The Balaban J connectivity index is 2.55. The third kappa shape index (κ3) is 2.09. The largest absolute Gasteiger partial charge is 0.486 e. The van der Waals surface area contributed by atoms with Gasteiger partial charge in [0, 0.05) is 0 Å². The minimum atomic E-state index is -0.493. The Bertz CT molecular complexity index is 206. The van der Waals surface area contributed by atoms with Gasteiger partial charge in [0.2, 0.25) is 0 Å². The minimum absolute atomic E-state index is 0.104. The summed E-state index contributed by atoms with van der Waals surface area (Å²) in [6.07, 6.45) is 6.17. The van der Waals surface area contributed by atoms with Gasteiger partial charge >= 0.3 is 0 Å². The summed E-state index contributed by atoms with van der Waals surface area (Å²) in [5.41, 5.74) is 0. The lowest BCUT2D eigenvalue weighted by Gasteiger charge is -2.14. The van der Waals surface area contributed by atoms with Gasteiger partial charge in [0.15, 0.2) is 11.9 Å². The smallest absolute Gasteiger partial charge is 0.194 e. The summed E-state index contributed by atoms with van der Waals surface area (Å²) >= 11 is 5.57. The first kappa shape index (κ1) is 8.34. The molecule has 1 heterocycles. The number of halogens is 1. The number of ketones is 1. The highest BCUT2D eigenvalue weighted by atomic mass is 35.5. The number of hydrogen-bond donors (Lipinski definition) is 0. The van der Waals surface area contributed by atoms with E-state index in [4.69, 9.17) is 16.3 Å². The predicted molar refractivity (Wildman–Crippen MR) is 43.5 cm³/mol. The highest BCUT2D eigenvalue weighted by Crippen LogP contribution is 2.08. The summed E-state index contributed by atoms with van der Waals surface area (Å²) in [6.45, 7) is 1.64. The maximum Gasteiger partial charge on any atom is 0.194 e. The lowest BCUT2D eigenvalue weighted by Crippen LogP contribution is -2.27. The number of Topliss-reactive ketones (excluding diaryl/α,β-unsaturated/α-hetero) is 1. The van der Waals surface area contributed by atoms with E-state index < -0.39 is 11.5 Å². The van der Waals surface area contributed by atoms with Crippen molar-refractivity contribution in [1.82, 2.24) is 0 Å². The summed E-state index contributed by atoms with van der Waals surface area (Å²) in [5.74, 6) is -0.104. The van der Waals surface area contributed by atoms with Crippen molar-refractivity contribution in [3.8, 4) is 0 Å². The van der Waals surface area contributed by atoms with Crippen molar-refractivity contribution in [3.05, 3.63) is 24.5 Å². The van der Waals surface area contributed by atoms with Crippen LogP contribution in [0.3, 0.4) is 0 Å². The first-order valence-corrected chi connectivity index (χ1v) is 3.82. The third-order valence-electron chi connectivity index (χ3n) is 1.37. The Morgan fingerprint density at radius 3 is 2.82 bits per heavy atom. The van der Waals surface area contributed by atoms with E-state index in [1.807, 2.05) is 0 Å². The molecular formula is C8H9ClO2. The second-order valence-corrected chi connectivity index (χ2v) is 2.94. The van der Waals surface area contributed by atoms with Crippen molar-refractivity contribution >= 4 is 17.4 Å². The average molecular weight is 173 g/mol. The van der Waals surface area contributed by atoms with E-state index in [2.05, 4.69) is 0 Å². The number of ether oxygens (including phenoxy) is 1. The van der Waals surface area contributed by atoms with Crippen LogP contribution in [0.5, 0.6) is 0 Å². The summed E-state index contributed by atoms with van der Waals surface area (Å²) in [4.78, 5) is 11.2. The summed E-state index contributed by atoms with van der Waals surface area (Å²) in [7, 11) is 0. The molecule has 0 saturated carbocycles. The van der Waals surface area contributed by atoms with Gasteiger partial charge in [0.25, 0.3) is 0 Å². The second kappa shape index (κ2) is 3.58. The molecule has 0 aromatic rings. The third-order valence-corrected chi connectivity index (χ3v) is 1.59. The van der Waals surface area contributed by atoms with Gasteiger partial charge in [-0.25, -0.2) is 0 Å². The van der Waals surface area contributed by atoms with Crippen LogP contribution >= 0.6 is 11.6 Å². The van der Waals surface area contributed by atoms with Crippen LogP contribution in [0, 0.1) is 0 Å². The number of alkyl halides is 1. The first-order chi connectivity index (χ1) is 5.22. The Hall–Kier alpha value is -0.760. The minimum Gasteiger partial charge on any atom is -0.486 e. The fourth-order valence-electron chi connectivity index (χ4n) is 0.774. The monoisotopic (exact) mass is 172 g/mol. The zero-order valence-electron chi connectivity index (χ0n) is 6.16. The van der Waals surface area contributed by atoms with E-state index in [1.165, 1.54) is 6.26 Å². The van der Waals surface area contributed by atoms with Gasteiger partial charge in [0.1, 0.15) is 0 Å². The number of allylic oxidation sites excluding steroid dienone is 2. The maximum absolute atomic E-state index is 11.2. The Morgan fingerprint density at radius 1 is 1.64 bits per heavy atom. The van der Waals surface area contributed by atoms with Gasteiger partial charge in [0.05, 0.1) is 11.6 Å². The Morgan fingerprint density at radius 2 is 2.36 bits per heavy atom. The lowest BCUT2D eigenvalue weighted by molar-refractivity contribution is -0.124. The molecule has 0 amide bonds. The standard InChI is InChI=1S/C8H9ClO2/c1-6(9)8(10)7-4-2-3-5-11-7/h2-7H,1H3. The molecule has 0 aromatic carbocycles. The van der Waals surface area contributed by atoms with E-state index >= 15 is 0 Å². The molecule has 2 unspecified atom stereocenters. The highest BCUT2D eigenvalue weighted by Gasteiger charge is 2.20. The fraction of sp³-hybridized carbons (Fsp3) is 0.375. The molecule has 0 N–H and O–H groups in total. The van der Waals surface area contributed by atoms with Gasteiger partial charge in [-0.3, -0.25) is 4.79 Å². The van der Waals surface area contributed by atoms with Crippen LogP contribution < -0.4 is 0 Å². The van der Waals surface area contributed by atoms with Crippen LogP contribution in [-0.2, 0) is 9.53 Å². The van der Waals surface area contributed by atoms with Crippen LogP contribution in [0.15, 0.2) is 24.5 Å². The van der Waals surface area contributed by atoms with Gasteiger partial charge < -0.3 is 4.74 Å². The Kier molecular flexibility index (Phi) is 2.71. The second-order valence-electron chi connectivity index (χ2n) is 2.29. The fourth-order valence-corrected chi connectivity index (χ4v) is 0.898. The molecule has 2 atom stereocenters. The van der Waals surface area contributed by atoms with Crippen molar-refractivity contribution < 1.29 is 9.53 Å². The molecule has 2 nitrogen and oxygen atoms in total. The normalized spacial score (nSPS) is 24.4. The maximum atomic E-state index is 11.2. The van der Waals surface area contributed by atoms with Gasteiger partial charge in [-0.2, -0.15) is 0 Å². The molecule has 1 rings (SSSR count). The molecule has 1 aliphatic rings. The van der Waals surface area contributed by atoms with Crippen LogP contribution in [0.25, 0.3) is 0 Å². The number of carbonyl (C=O) groups excluding carboxylic acids is 1. The number of hydrogen-bond acceptors (Lipinski definition) is 2. The molecule has 1 aliphatic heterocycles. The van der Waals surface area contributed by atoms with Crippen molar-refractivity contribution in [3.63, 3.8) is 0 Å². The molecule has 60 valence electrons. The molecule has 0 aliphatic carbocycles. The quantitative estimate of drug-likeness (QED) is 0.592. The predicted octanol–water partition coefficient (Wildman–Crippen LogP) is 1.65. The highest BCUT2D eigenvalue weighted by molar-refractivity contribution is 6.31. The SMILES string of the molecule is CC(Cl)C(=O)C1C=CC=CO1. The van der Waals surface area contributed by atoms with Crippen LogP contribution in [-0.4, -0.2) is 17.3 Å². The van der Waals surface area contributed by atoms with E-state index in [1.54, 1.807) is 25.2 Å². The van der Waals surface area contributed by atoms with Crippen LogP contribution in [0.4, 0.5) is 0 Å². The molecule has 3 heteroatoms. The van der Waals surface area contributed by atoms with Crippen molar-refractivity contribution in [2.24, 2.45) is 0 Å². The first-order valence-electron chi connectivity index (χ1n) is 3.38. The molecule has 11 heavy (non-hydrogen) atoms. The van der Waals surface area contributed by atoms with Crippen LogP contribution in [0.1, 0.15) is 6.92 Å². The van der Waals surface area contributed by atoms with E-state index in [0.29, 0.717) is 0 Å². The molecular weight excluding hydrogens is 164 g/mol. The van der Waals surface area contributed by atoms with Crippen molar-refractivity contribution in [2.75, 3.05) is 0 Å². The summed E-state index contributed by atoms with van der Waals surface area (Å²) < 4.78 is 5.00. The van der Waals surface area contributed by atoms with E-state index in [0.717, 1.165) is 0 Å². The van der Waals surface area contributed by atoms with Gasteiger partial charge in [-0.1, -0.05) is 6.08 Å².